The van der Waals surface area contributed by atoms with Crippen LogP contribution >= 0.6 is 0 Å². The highest BCUT2D eigenvalue weighted by Gasteiger charge is 2.29. The van der Waals surface area contributed by atoms with Crippen LogP contribution in [0.5, 0.6) is 5.75 Å². The molecule has 0 radical (unpaired) electrons. The van der Waals surface area contributed by atoms with E-state index in [9.17, 15) is 13.7 Å². The largest absolute Gasteiger partial charge is 0.497 e. The lowest BCUT2D eigenvalue weighted by Crippen LogP contribution is -2.49. The van der Waals surface area contributed by atoms with Crippen LogP contribution in [-0.2, 0) is 10.0 Å². The molecule has 3 aromatic rings. The van der Waals surface area contributed by atoms with Gasteiger partial charge in [-0.15, -0.1) is 0 Å². The normalized spacial score (nSPS) is 15.2. The molecule has 1 aliphatic heterocycles. The summed E-state index contributed by atoms with van der Waals surface area (Å²) >= 11 is 0. The Morgan fingerprint density at radius 1 is 1.03 bits per heavy atom. The molecular formula is C22H22N4O3S. The maximum Gasteiger partial charge on any atom is 0.243 e. The van der Waals surface area contributed by atoms with Gasteiger partial charge in [0, 0.05) is 31.6 Å². The van der Waals surface area contributed by atoms with Crippen molar-refractivity contribution in [3.63, 3.8) is 0 Å². The molecule has 4 rings (SSSR count). The summed E-state index contributed by atoms with van der Waals surface area (Å²) in [5.41, 5.74) is 2.43. The van der Waals surface area contributed by atoms with Crippen molar-refractivity contribution in [2.24, 2.45) is 0 Å². The zero-order valence-electron chi connectivity index (χ0n) is 16.9. The molecule has 30 heavy (non-hydrogen) atoms. The first-order valence-corrected chi connectivity index (χ1v) is 11.1. The van der Waals surface area contributed by atoms with Gasteiger partial charge in [0.1, 0.15) is 17.6 Å². The number of hydrogen-bond acceptors (Lipinski definition) is 6. The molecule has 2 aromatic carbocycles. The summed E-state index contributed by atoms with van der Waals surface area (Å²) in [4.78, 5) is 6.92. The smallest absolute Gasteiger partial charge is 0.243 e. The Labute approximate surface area is 176 Å². The average Bonchev–Trinajstić information content (AvgIpc) is 2.78. The Morgan fingerprint density at radius 3 is 2.37 bits per heavy atom. The van der Waals surface area contributed by atoms with Crippen molar-refractivity contribution in [2.45, 2.75) is 11.8 Å². The van der Waals surface area contributed by atoms with Crippen molar-refractivity contribution in [1.82, 2.24) is 9.29 Å². The summed E-state index contributed by atoms with van der Waals surface area (Å²) in [5, 5.41) is 10.5. The van der Waals surface area contributed by atoms with Crippen LogP contribution in [0.3, 0.4) is 0 Å². The molecule has 0 unspecified atom stereocenters. The Morgan fingerprint density at radius 2 is 1.73 bits per heavy atom. The number of rotatable bonds is 4. The van der Waals surface area contributed by atoms with E-state index >= 15 is 0 Å². The number of methoxy groups -OCH3 is 1. The summed E-state index contributed by atoms with van der Waals surface area (Å²) < 4.78 is 32.5. The molecule has 0 aliphatic carbocycles. The standard InChI is InChI=1S/C22H22N4O3S/c1-16-3-8-21-17(13-16)14-18(15-23)22(24-21)25-9-11-26(12-10-25)30(27,28)20-6-4-19(29-2)5-7-20/h3-8,13-14H,9-12H2,1-2H3. The van der Waals surface area contributed by atoms with Gasteiger partial charge in [0.2, 0.25) is 10.0 Å². The first-order valence-electron chi connectivity index (χ1n) is 9.63. The second-order valence-corrected chi connectivity index (χ2v) is 9.17. The van der Waals surface area contributed by atoms with E-state index in [0.29, 0.717) is 43.3 Å². The van der Waals surface area contributed by atoms with Gasteiger partial charge in [-0.3, -0.25) is 0 Å². The topological polar surface area (TPSA) is 86.5 Å². The van der Waals surface area contributed by atoms with Crippen LogP contribution in [0.2, 0.25) is 0 Å². The van der Waals surface area contributed by atoms with Gasteiger partial charge >= 0.3 is 0 Å². The van der Waals surface area contributed by atoms with Crippen molar-refractivity contribution in [2.75, 3.05) is 38.2 Å². The minimum atomic E-state index is -3.58. The van der Waals surface area contributed by atoms with Gasteiger partial charge in [0.25, 0.3) is 0 Å². The van der Waals surface area contributed by atoms with Gasteiger partial charge in [-0.1, -0.05) is 11.6 Å². The van der Waals surface area contributed by atoms with Crippen LogP contribution in [0.4, 0.5) is 5.82 Å². The molecule has 1 saturated heterocycles. The quantitative estimate of drug-likeness (QED) is 0.643. The van der Waals surface area contributed by atoms with E-state index < -0.39 is 10.0 Å². The SMILES string of the molecule is COc1ccc(S(=O)(=O)N2CCN(c3nc4ccc(C)cc4cc3C#N)CC2)cc1. The number of piperazine rings is 1. The molecule has 2 heterocycles. The molecule has 1 fully saturated rings. The van der Waals surface area contributed by atoms with Crippen LogP contribution in [-0.4, -0.2) is 51.0 Å². The fraction of sp³-hybridized carbons (Fsp3) is 0.273. The summed E-state index contributed by atoms with van der Waals surface area (Å²) in [6.07, 6.45) is 0. The lowest BCUT2D eigenvalue weighted by molar-refractivity contribution is 0.383. The number of aryl methyl sites for hydroxylation is 1. The van der Waals surface area contributed by atoms with Crippen LogP contribution in [0.25, 0.3) is 10.9 Å². The second-order valence-electron chi connectivity index (χ2n) is 7.23. The minimum Gasteiger partial charge on any atom is -0.497 e. The molecule has 0 bridgehead atoms. The van der Waals surface area contributed by atoms with E-state index in [4.69, 9.17) is 9.72 Å². The zero-order valence-corrected chi connectivity index (χ0v) is 17.7. The number of nitriles is 1. The third kappa shape index (κ3) is 3.70. The van der Waals surface area contributed by atoms with Gasteiger partial charge in [-0.05, 0) is 49.4 Å². The van der Waals surface area contributed by atoms with Gasteiger partial charge in [0.05, 0.1) is 23.1 Å². The predicted molar refractivity (Wildman–Crippen MR) is 115 cm³/mol. The first-order chi connectivity index (χ1) is 14.4. The van der Waals surface area contributed by atoms with Crippen molar-refractivity contribution in [3.8, 4) is 11.8 Å². The molecule has 0 saturated carbocycles. The maximum absolute atomic E-state index is 13.0. The number of sulfonamides is 1. The lowest BCUT2D eigenvalue weighted by Gasteiger charge is -2.35. The fourth-order valence-corrected chi connectivity index (χ4v) is 5.07. The fourth-order valence-electron chi connectivity index (χ4n) is 3.65. The number of benzene rings is 2. The van der Waals surface area contributed by atoms with Crippen molar-refractivity contribution < 1.29 is 13.2 Å². The number of ether oxygens (including phenoxy) is 1. The van der Waals surface area contributed by atoms with Crippen LogP contribution in [0.1, 0.15) is 11.1 Å². The number of anilines is 1. The Balaban J connectivity index is 1.55. The van der Waals surface area contributed by atoms with Gasteiger partial charge in [0.15, 0.2) is 0 Å². The Hall–Kier alpha value is -3.15. The average molecular weight is 423 g/mol. The van der Waals surface area contributed by atoms with Gasteiger partial charge < -0.3 is 9.64 Å². The van der Waals surface area contributed by atoms with E-state index in [1.807, 2.05) is 36.1 Å². The predicted octanol–water partition coefficient (Wildman–Crippen LogP) is 2.93. The number of nitrogens with zero attached hydrogens (tertiary/aromatic N) is 4. The summed E-state index contributed by atoms with van der Waals surface area (Å²) in [7, 11) is -2.04. The summed E-state index contributed by atoms with van der Waals surface area (Å²) in [6, 6.07) is 16.4. The van der Waals surface area contributed by atoms with E-state index in [1.54, 1.807) is 31.4 Å². The summed E-state index contributed by atoms with van der Waals surface area (Å²) in [5.74, 6) is 1.22. The van der Waals surface area contributed by atoms with Crippen molar-refractivity contribution in [3.05, 3.63) is 59.7 Å². The molecule has 0 atom stereocenters. The molecule has 0 N–H and O–H groups in total. The molecule has 8 heteroatoms. The van der Waals surface area contributed by atoms with Gasteiger partial charge in [-0.25, -0.2) is 13.4 Å². The minimum absolute atomic E-state index is 0.244. The number of fused-ring (bicyclic) bond motifs is 1. The van der Waals surface area contributed by atoms with E-state index in [2.05, 4.69) is 6.07 Å². The highest BCUT2D eigenvalue weighted by atomic mass is 32.2. The highest BCUT2D eigenvalue weighted by molar-refractivity contribution is 7.89. The lowest BCUT2D eigenvalue weighted by atomic mass is 10.1. The van der Waals surface area contributed by atoms with Crippen LogP contribution < -0.4 is 9.64 Å². The van der Waals surface area contributed by atoms with Crippen LogP contribution in [0.15, 0.2) is 53.4 Å². The molecule has 1 aromatic heterocycles. The Kier molecular flexibility index (Phi) is 5.33. The molecule has 0 amide bonds. The van der Waals surface area contributed by atoms with E-state index in [-0.39, 0.29) is 4.90 Å². The molecule has 7 nitrogen and oxygen atoms in total. The summed E-state index contributed by atoms with van der Waals surface area (Å²) in [6.45, 7) is 3.59. The van der Waals surface area contributed by atoms with Crippen molar-refractivity contribution in [1.29, 1.82) is 5.26 Å². The molecule has 0 spiro atoms. The van der Waals surface area contributed by atoms with E-state index in [1.165, 1.54) is 4.31 Å². The third-order valence-corrected chi connectivity index (χ3v) is 7.22. The number of hydrogen-bond donors (Lipinski definition) is 0. The third-order valence-electron chi connectivity index (χ3n) is 5.31. The zero-order chi connectivity index (χ0) is 21.3. The second kappa shape index (κ2) is 7.94. The van der Waals surface area contributed by atoms with Gasteiger partial charge in [-0.2, -0.15) is 9.57 Å². The van der Waals surface area contributed by atoms with E-state index in [0.717, 1.165) is 16.5 Å². The first kappa shape index (κ1) is 20.1. The monoisotopic (exact) mass is 422 g/mol. The molecule has 154 valence electrons. The molecule has 1 aliphatic rings. The highest BCUT2D eigenvalue weighted by Crippen LogP contribution is 2.26. The molecular weight excluding hydrogens is 400 g/mol. The maximum atomic E-state index is 13.0. The number of pyridine rings is 1. The Bertz CT molecular complexity index is 1230. The van der Waals surface area contributed by atoms with Crippen molar-refractivity contribution >= 4 is 26.7 Å². The van der Waals surface area contributed by atoms with Crippen LogP contribution in [0, 0.1) is 18.3 Å². The number of aromatic nitrogens is 1.